The zero-order valence-electron chi connectivity index (χ0n) is 11.7. The van der Waals surface area contributed by atoms with Crippen LogP contribution in [0.25, 0.3) is 11.1 Å². The second-order valence-electron chi connectivity index (χ2n) is 3.84. The summed E-state index contributed by atoms with van der Waals surface area (Å²) in [7, 11) is -6.64. The Morgan fingerprint density at radius 3 is 2.23 bits per heavy atom. The van der Waals surface area contributed by atoms with Gasteiger partial charge in [0, 0.05) is 15.4 Å². The molecule has 120 valence electrons. The van der Waals surface area contributed by atoms with Gasteiger partial charge in [-0.3, -0.25) is 4.57 Å². The lowest BCUT2D eigenvalue weighted by molar-refractivity contribution is -0.186. The zero-order chi connectivity index (χ0) is 15.5. The predicted molar refractivity (Wildman–Crippen MR) is 83.5 cm³/mol. The van der Waals surface area contributed by atoms with E-state index in [-0.39, 0.29) is 18.9 Å². The summed E-state index contributed by atoms with van der Waals surface area (Å²) in [5, 5.41) is 0.258. The molecule has 0 saturated heterocycles. The van der Waals surface area contributed by atoms with Gasteiger partial charge in [0.2, 0.25) is 7.60 Å². The fraction of sp³-hybridized carbons (Fsp3) is 0.0769. The molecule has 0 amide bonds. The van der Waals surface area contributed by atoms with Crippen LogP contribution in [0.4, 0.5) is 0 Å². The molecule has 0 radical (unpaired) electrons. The van der Waals surface area contributed by atoms with Crippen molar-refractivity contribution in [2.24, 2.45) is 0 Å². The Balaban J connectivity index is 0.000000615. The summed E-state index contributed by atoms with van der Waals surface area (Å²) in [6.45, 7) is 0. The van der Waals surface area contributed by atoms with Crippen LogP contribution in [0.1, 0.15) is 7.43 Å². The van der Waals surface area contributed by atoms with Crippen molar-refractivity contribution in [3.63, 3.8) is 0 Å². The summed E-state index contributed by atoms with van der Waals surface area (Å²) in [5.41, 5.74) is 1.53. The van der Waals surface area contributed by atoms with E-state index in [0.29, 0.717) is 11.3 Å². The van der Waals surface area contributed by atoms with E-state index in [9.17, 15) is 9.46 Å². The maximum Gasteiger partial charge on any atom is 0.692 e. The summed E-state index contributed by atoms with van der Waals surface area (Å²) in [6, 6.07) is 14.0. The topological polar surface area (TPSA) is 142 Å². The summed E-state index contributed by atoms with van der Waals surface area (Å²) >= 11 is 0. The van der Waals surface area contributed by atoms with Gasteiger partial charge in [-0.15, -0.1) is 9.79 Å². The third-order valence-electron chi connectivity index (χ3n) is 2.59. The van der Waals surface area contributed by atoms with Gasteiger partial charge in [-0.25, -0.2) is 0 Å². The quantitative estimate of drug-likeness (QED) is 0.673. The van der Waals surface area contributed by atoms with Crippen LogP contribution in [-0.2, 0) is 9.13 Å². The van der Waals surface area contributed by atoms with Crippen molar-refractivity contribution in [3.8, 4) is 16.9 Å². The molecule has 1 aliphatic rings. The molecule has 9 heteroatoms. The molecule has 7 nitrogen and oxygen atoms in total. The highest BCUT2D eigenvalue weighted by molar-refractivity contribution is 7.60. The van der Waals surface area contributed by atoms with Crippen LogP contribution in [0.2, 0.25) is 0 Å². The van der Waals surface area contributed by atoms with Gasteiger partial charge in [0.1, 0.15) is 5.75 Å². The molecule has 2 aromatic carbocycles. The Hall–Kier alpha value is -1.59. The number of hydrogen-bond acceptors (Lipinski definition) is 6. The van der Waals surface area contributed by atoms with Gasteiger partial charge in [-0.1, -0.05) is 43.8 Å². The molecule has 1 heterocycles. The molecule has 0 bridgehead atoms. The van der Waals surface area contributed by atoms with Crippen molar-refractivity contribution in [1.29, 1.82) is 1.43 Å². The first-order valence-corrected chi connectivity index (χ1v) is 8.12. The van der Waals surface area contributed by atoms with E-state index in [1.54, 1.807) is 30.3 Å². The lowest BCUT2D eigenvalue weighted by Crippen LogP contribution is -2.24. The molecular formula is C13H17NO6P2. The number of hydrogen-bond donors (Lipinski definition) is 3. The molecule has 1 aliphatic heterocycles. The van der Waals surface area contributed by atoms with Crippen LogP contribution >= 0.6 is 15.9 Å². The SMILES string of the molecule is C.N.O=P1([O-])Oc2ccccc2-c2ccccc21.[2H]O[P+](=O)O. The van der Waals surface area contributed by atoms with Crippen LogP contribution in [0, 0.1) is 0 Å². The minimum Gasteiger partial charge on any atom is -0.765 e. The molecular weight excluding hydrogens is 328 g/mol. The monoisotopic (exact) mass is 346 g/mol. The molecule has 2 unspecified atom stereocenters. The molecule has 0 aliphatic carbocycles. The van der Waals surface area contributed by atoms with Crippen molar-refractivity contribution < 1.29 is 28.3 Å². The van der Waals surface area contributed by atoms with E-state index in [1.807, 2.05) is 18.2 Å². The van der Waals surface area contributed by atoms with Gasteiger partial charge in [0.05, 0.1) is 0 Å². The highest BCUT2D eigenvalue weighted by Crippen LogP contribution is 2.48. The average molecular weight is 346 g/mol. The third kappa shape index (κ3) is 4.45. The second-order valence-corrected chi connectivity index (χ2v) is 5.97. The van der Waals surface area contributed by atoms with Crippen molar-refractivity contribution >= 4 is 21.2 Å². The minimum absolute atomic E-state index is 0. The first-order valence-electron chi connectivity index (χ1n) is 5.85. The van der Waals surface area contributed by atoms with Gasteiger partial charge in [0.25, 0.3) is 1.43 Å². The molecule has 0 spiro atoms. The second kappa shape index (κ2) is 8.15. The van der Waals surface area contributed by atoms with Crippen molar-refractivity contribution in [2.75, 3.05) is 0 Å². The standard InChI is InChI=1S/C12H9O3P.CH4.H3N.HO3P/c13-16(14)12-8-4-2-6-10(12)9-5-1-3-7-11(9)15-16;;;1-4(2)3/h1-8H,(H,13,14);1H4;1H3;(H-,1,2,3)/i/hD. The van der Waals surface area contributed by atoms with Crippen LogP contribution in [0.3, 0.4) is 0 Å². The van der Waals surface area contributed by atoms with Gasteiger partial charge in [-0.2, -0.15) is 0 Å². The highest BCUT2D eigenvalue weighted by atomic mass is 31.2. The Morgan fingerprint density at radius 2 is 1.64 bits per heavy atom. The minimum atomic E-state index is -3.96. The maximum absolute atomic E-state index is 11.8. The Bertz CT molecular complexity index is 727. The maximum atomic E-state index is 11.8. The van der Waals surface area contributed by atoms with Crippen molar-refractivity contribution in [3.05, 3.63) is 48.5 Å². The van der Waals surface area contributed by atoms with Crippen LogP contribution in [0.5, 0.6) is 5.75 Å². The van der Waals surface area contributed by atoms with E-state index in [2.05, 4.69) is 4.90 Å². The first-order chi connectivity index (χ1) is 9.95. The Morgan fingerprint density at radius 1 is 1.14 bits per heavy atom. The molecule has 22 heavy (non-hydrogen) atoms. The summed E-state index contributed by atoms with van der Waals surface area (Å²) in [6.07, 6.45) is 0. The molecule has 0 fully saturated rings. The lowest BCUT2D eigenvalue weighted by Gasteiger charge is -2.31. The molecule has 0 saturated carbocycles. The number of rotatable bonds is 1. The smallest absolute Gasteiger partial charge is 0.692 e. The van der Waals surface area contributed by atoms with Gasteiger partial charge in [0.15, 0.2) is 0 Å². The molecule has 2 atom stereocenters. The van der Waals surface area contributed by atoms with Gasteiger partial charge < -0.3 is 15.6 Å². The number of fused-ring (bicyclic) bond motifs is 3. The predicted octanol–water partition coefficient (Wildman–Crippen LogP) is 2.35. The first kappa shape index (κ1) is 18.5. The van der Waals surface area contributed by atoms with Crippen molar-refractivity contribution in [2.45, 2.75) is 7.43 Å². The fourth-order valence-electron chi connectivity index (χ4n) is 1.89. The fourth-order valence-corrected chi connectivity index (χ4v) is 3.16. The van der Waals surface area contributed by atoms with E-state index in [0.717, 1.165) is 5.56 Å². The lowest BCUT2D eigenvalue weighted by atomic mass is 10.0. The van der Waals surface area contributed by atoms with Gasteiger partial charge >= 0.3 is 8.25 Å². The molecule has 0 aromatic heterocycles. The largest absolute Gasteiger partial charge is 0.765 e. The molecule has 5 N–H and O–H groups in total. The summed E-state index contributed by atoms with van der Waals surface area (Å²) in [5.74, 6) is 0.402. The van der Waals surface area contributed by atoms with Crippen LogP contribution in [-0.4, -0.2) is 11.2 Å². The van der Waals surface area contributed by atoms with Crippen LogP contribution < -0.4 is 20.9 Å². The summed E-state index contributed by atoms with van der Waals surface area (Å²) in [4.78, 5) is 22.4. The number of para-hydroxylation sites is 1. The van der Waals surface area contributed by atoms with Gasteiger partial charge in [-0.05, 0) is 17.7 Å². The van der Waals surface area contributed by atoms with Crippen molar-refractivity contribution in [1.82, 2.24) is 6.15 Å². The highest BCUT2D eigenvalue weighted by Gasteiger charge is 2.26. The van der Waals surface area contributed by atoms with Crippen LogP contribution in [0.15, 0.2) is 48.5 Å². The van der Waals surface area contributed by atoms with E-state index in [1.165, 1.54) is 0 Å². The average Bonchev–Trinajstić information content (AvgIpc) is 2.47. The summed E-state index contributed by atoms with van der Waals surface area (Å²) < 4.78 is 31.6. The van der Waals surface area contributed by atoms with E-state index < -0.39 is 15.9 Å². The third-order valence-corrected chi connectivity index (χ3v) is 4.01. The van der Waals surface area contributed by atoms with E-state index >= 15 is 0 Å². The Kier molecular flexibility index (Phi) is 6.84. The zero-order valence-corrected chi connectivity index (χ0v) is 12.5. The number of benzene rings is 2. The van der Waals surface area contributed by atoms with E-state index in [4.69, 9.17) is 15.4 Å². The normalized spacial score (nSPS) is 18.5. The molecule has 3 rings (SSSR count). The molecule has 2 aromatic rings. The Labute approximate surface area is 130 Å².